The summed E-state index contributed by atoms with van der Waals surface area (Å²) >= 11 is 0. The van der Waals surface area contributed by atoms with E-state index in [4.69, 9.17) is 0 Å². The fourth-order valence-electron chi connectivity index (χ4n) is 2.35. The molecular weight excluding hydrogens is 304 g/mol. The van der Waals surface area contributed by atoms with E-state index in [1.807, 2.05) is 12.1 Å². The largest absolute Gasteiger partial charge is 0.368 e. The molecule has 118 valence electrons. The molecule has 2 N–H and O–H groups in total. The first-order chi connectivity index (χ1) is 10.2. The number of nitrogens with zero attached hydrogens (tertiary/aromatic N) is 4. The summed E-state index contributed by atoms with van der Waals surface area (Å²) in [7, 11) is 1.73. The molecule has 0 aliphatic carbocycles. The minimum atomic E-state index is -0.211. The SMILES string of the molecule is Cl.Cn1nccc1C(=O)Nc1ccc(N2CCNCC2)cn1. The summed E-state index contributed by atoms with van der Waals surface area (Å²) in [6, 6.07) is 5.48. The highest BCUT2D eigenvalue weighted by molar-refractivity contribution is 6.02. The third-order valence-corrected chi connectivity index (χ3v) is 3.53. The van der Waals surface area contributed by atoms with Gasteiger partial charge in [0.1, 0.15) is 11.5 Å². The molecule has 1 fully saturated rings. The molecule has 3 rings (SSSR count). The lowest BCUT2D eigenvalue weighted by Crippen LogP contribution is -2.43. The predicted molar refractivity (Wildman–Crippen MR) is 87.7 cm³/mol. The second-order valence-electron chi connectivity index (χ2n) is 4.93. The zero-order valence-corrected chi connectivity index (χ0v) is 13.1. The van der Waals surface area contributed by atoms with Crippen molar-refractivity contribution in [2.45, 2.75) is 0 Å². The number of halogens is 1. The molecule has 0 radical (unpaired) electrons. The smallest absolute Gasteiger partial charge is 0.275 e. The lowest BCUT2D eigenvalue weighted by Gasteiger charge is -2.29. The van der Waals surface area contributed by atoms with Crippen molar-refractivity contribution in [2.24, 2.45) is 7.05 Å². The van der Waals surface area contributed by atoms with Gasteiger partial charge < -0.3 is 15.5 Å². The third kappa shape index (κ3) is 3.55. The Bertz CT molecular complexity index is 621. The number of aromatic nitrogens is 3. The quantitative estimate of drug-likeness (QED) is 0.878. The molecule has 0 saturated carbocycles. The van der Waals surface area contributed by atoms with Crippen LogP contribution >= 0.6 is 12.4 Å². The maximum Gasteiger partial charge on any atom is 0.275 e. The van der Waals surface area contributed by atoms with Gasteiger partial charge in [-0.05, 0) is 18.2 Å². The Morgan fingerprint density at radius 2 is 2.05 bits per heavy atom. The van der Waals surface area contributed by atoms with Gasteiger partial charge in [0.25, 0.3) is 5.91 Å². The zero-order valence-electron chi connectivity index (χ0n) is 12.3. The van der Waals surface area contributed by atoms with E-state index in [1.165, 1.54) is 4.68 Å². The predicted octanol–water partition coefficient (Wildman–Crippen LogP) is 0.899. The van der Waals surface area contributed by atoms with Crippen molar-refractivity contribution in [1.29, 1.82) is 0 Å². The van der Waals surface area contributed by atoms with Gasteiger partial charge in [-0.25, -0.2) is 4.98 Å². The molecule has 1 aliphatic heterocycles. The number of carbonyl (C=O) groups excluding carboxylic acids is 1. The van der Waals surface area contributed by atoms with Gasteiger partial charge in [-0.1, -0.05) is 0 Å². The molecule has 7 nitrogen and oxygen atoms in total. The van der Waals surface area contributed by atoms with Crippen LogP contribution in [0.1, 0.15) is 10.5 Å². The maximum atomic E-state index is 12.1. The van der Waals surface area contributed by atoms with E-state index in [0.717, 1.165) is 31.9 Å². The molecule has 2 aromatic heterocycles. The van der Waals surface area contributed by atoms with Crippen LogP contribution in [0.25, 0.3) is 0 Å². The number of piperazine rings is 1. The number of hydrogen-bond acceptors (Lipinski definition) is 5. The number of amides is 1. The van der Waals surface area contributed by atoms with E-state index >= 15 is 0 Å². The first kappa shape index (κ1) is 16.3. The van der Waals surface area contributed by atoms with Gasteiger partial charge in [-0.2, -0.15) is 5.10 Å². The summed E-state index contributed by atoms with van der Waals surface area (Å²) in [6.45, 7) is 3.92. The first-order valence-corrected chi connectivity index (χ1v) is 6.95. The summed E-state index contributed by atoms with van der Waals surface area (Å²) in [5.41, 5.74) is 1.58. The van der Waals surface area contributed by atoms with Crippen molar-refractivity contribution >= 4 is 29.8 Å². The van der Waals surface area contributed by atoms with Crippen molar-refractivity contribution in [3.8, 4) is 0 Å². The zero-order chi connectivity index (χ0) is 14.7. The van der Waals surface area contributed by atoms with Crippen LogP contribution in [0.5, 0.6) is 0 Å². The molecule has 22 heavy (non-hydrogen) atoms. The molecule has 0 spiro atoms. The van der Waals surface area contributed by atoms with E-state index in [9.17, 15) is 4.79 Å². The fraction of sp³-hybridized carbons (Fsp3) is 0.357. The van der Waals surface area contributed by atoms with Crippen molar-refractivity contribution in [3.05, 3.63) is 36.3 Å². The van der Waals surface area contributed by atoms with Gasteiger partial charge in [0.15, 0.2) is 0 Å². The van der Waals surface area contributed by atoms with Gasteiger partial charge in [-0.15, -0.1) is 12.4 Å². The highest BCUT2D eigenvalue weighted by Gasteiger charge is 2.13. The van der Waals surface area contributed by atoms with Crippen LogP contribution in [-0.4, -0.2) is 46.9 Å². The Hall–Kier alpha value is -2.12. The van der Waals surface area contributed by atoms with E-state index < -0.39 is 0 Å². The molecule has 1 amide bonds. The van der Waals surface area contributed by atoms with Gasteiger partial charge in [0.2, 0.25) is 0 Å². The number of pyridine rings is 1. The highest BCUT2D eigenvalue weighted by Crippen LogP contribution is 2.16. The molecule has 0 atom stereocenters. The molecule has 1 saturated heterocycles. The van der Waals surface area contributed by atoms with Crippen molar-refractivity contribution < 1.29 is 4.79 Å². The van der Waals surface area contributed by atoms with Gasteiger partial charge >= 0.3 is 0 Å². The van der Waals surface area contributed by atoms with Crippen LogP contribution in [0.3, 0.4) is 0 Å². The van der Waals surface area contributed by atoms with Gasteiger partial charge in [-0.3, -0.25) is 9.48 Å². The van der Waals surface area contributed by atoms with Crippen molar-refractivity contribution in [1.82, 2.24) is 20.1 Å². The fourth-order valence-corrected chi connectivity index (χ4v) is 2.35. The number of aryl methyl sites for hydroxylation is 1. The number of nitrogens with one attached hydrogen (secondary N) is 2. The van der Waals surface area contributed by atoms with Crippen molar-refractivity contribution in [2.75, 3.05) is 36.4 Å². The van der Waals surface area contributed by atoms with E-state index in [1.54, 1.807) is 25.5 Å². The lowest BCUT2D eigenvalue weighted by molar-refractivity contribution is 0.101. The number of hydrogen-bond donors (Lipinski definition) is 2. The Balaban J connectivity index is 0.00000176. The number of carbonyl (C=O) groups is 1. The minimum absolute atomic E-state index is 0. The highest BCUT2D eigenvalue weighted by atomic mass is 35.5. The molecule has 3 heterocycles. The summed E-state index contributed by atoms with van der Waals surface area (Å²) < 4.78 is 1.53. The standard InChI is InChI=1S/C14H18N6O.ClH/c1-19-12(4-5-17-19)14(21)18-13-3-2-11(10-16-13)20-8-6-15-7-9-20;/h2-5,10,15H,6-9H2,1H3,(H,16,18,21);1H. The first-order valence-electron chi connectivity index (χ1n) is 6.95. The van der Waals surface area contributed by atoms with Crippen LogP contribution in [0.2, 0.25) is 0 Å². The molecular formula is C14H19ClN6O. The summed E-state index contributed by atoms with van der Waals surface area (Å²) in [5.74, 6) is 0.331. The summed E-state index contributed by atoms with van der Waals surface area (Å²) in [4.78, 5) is 18.6. The molecule has 0 unspecified atom stereocenters. The molecule has 0 bridgehead atoms. The Morgan fingerprint density at radius 3 is 2.64 bits per heavy atom. The molecule has 1 aliphatic rings. The van der Waals surface area contributed by atoms with Crippen LogP contribution < -0.4 is 15.5 Å². The molecule has 8 heteroatoms. The average Bonchev–Trinajstić information content (AvgIpc) is 2.95. The van der Waals surface area contributed by atoms with Crippen LogP contribution in [0.15, 0.2) is 30.6 Å². The minimum Gasteiger partial charge on any atom is -0.368 e. The van der Waals surface area contributed by atoms with E-state index in [0.29, 0.717) is 11.5 Å². The van der Waals surface area contributed by atoms with E-state index in [2.05, 4.69) is 25.6 Å². The van der Waals surface area contributed by atoms with Gasteiger partial charge in [0, 0.05) is 39.4 Å². The Labute approximate surface area is 135 Å². The van der Waals surface area contributed by atoms with E-state index in [-0.39, 0.29) is 18.3 Å². The Kier molecular flexibility index (Phi) is 5.35. The Morgan fingerprint density at radius 1 is 1.27 bits per heavy atom. The monoisotopic (exact) mass is 322 g/mol. The molecule has 0 aromatic carbocycles. The van der Waals surface area contributed by atoms with Crippen LogP contribution in [0, 0.1) is 0 Å². The summed E-state index contributed by atoms with van der Waals surface area (Å²) in [5, 5.41) is 10.1. The van der Waals surface area contributed by atoms with Gasteiger partial charge in [0.05, 0.1) is 11.9 Å². The third-order valence-electron chi connectivity index (χ3n) is 3.53. The lowest BCUT2D eigenvalue weighted by atomic mass is 10.3. The van der Waals surface area contributed by atoms with Crippen LogP contribution in [-0.2, 0) is 7.05 Å². The normalized spacial score (nSPS) is 14.3. The number of rotatable bonds is 3. The van der Waals surface area contributed by atoms with Crippen molar-refractivity contribution in [3.63, 3.8) is 0 Å². The maximum absolute atomic E-state index is 12.1. The second-order valence-corrected chi connectivity index (χ2v) is 4.93. The topological polar surface area (TPSA) is 75.1 Å². The summed E-state index contributed by atoms with van der Waals surface area (Å²) in [6.07, 6.45) is 3.39. The van der Waals surface area contributed by atoms with Crippen LogP contribution in [0.4, 0.5) is 11.5 Å². The second kappa shape index (κ2) is 7.24. The molecule has 2 aromatic rings. The number of anilines is 2. The average molecular weight is 323 g/mol.